The lowest BCUT2D eigenvalue weighted by atomic mass is 10.3. The van der Waals surface area contributed by atoms with E-state index in [0.29, 0.717) is 16.9 Å². The zero-order valence-corrected chi connectivity index (χ0v) is 7.39. The Morgan fingerprint density at radius 2 is 2.27 bits per heavy atom. The molecule has 0 spiro atoms. The predicted molar refractivity (Wildman–Crippen MR) is 45.4 cm³/mol. The third-order valence-electron chi connectivity index (χ3n) is 1.03. The van der Waals surface area contributed by atoms with E-state index < -0.39 is 0 Å². The topological polar surface area (TPSA) is 26.3 Å². The average Bonchev–Trinajstić information content (AvgIpc) is 2.00. The molecule has 0 heterocycles. The van der Waals surface area contributed by atoms with Crippen LogP contribution < -0.4 is 0 Å². The number of aldehydes is 1. The second-order valence-electron chi connectivity index (χ2n) is 1.89. The van der Waals surface area contributed by atoms with Gasteiger partial charge in [-0.05, 0) is 6.42 Å². The standard InChI is InChI=1S/C8H11ClO2/c1-3-4-8(9)7(5-10)6-11-2/h4-6H,3H2,1-2H3/b7-6-,8-4+. The van der Waals surface area contributed by atoms with Crippen LogP contribution in [-0.2, 0) is 9.53 Å². The van der Waals surface area contributed by atoms with Gasteiger partial charge in [0, 0.05) is 0 Å². The lowest BCUT2D eigenvalue weighted by Gasteiger charge is -1.95. The van der Waals surface area contributed by atoms with Crippen LogP contribution in [0.1, 0.15) is 13.3 Å². The molecule has 0 bridgehead atoms. The number of carbonyl (C=O) groups excluding carboxylic acids is 1. The Labute approximate surface area is 71.5 Å². The van der Waals surface area contributed by atoms with E-state index in [2.05, 4.69) is 4.74 Å². The largest absolute Gasteiger partial charge is 0.504 e. The lowest BCUT2D eigenvalue weighted by Crippen LogP contribution is -1.85. The van der Waals surface area contributed by atoms with Gasteiger partial charge in [0.2, 0.25) is 0 Å². The summed E-state index contributed by atoms with van der Waals surface area (Å²) in [6, 6.07) is 0. The molecule has 0 saturated heterocycles. The first-order valence-electron chi connectivity index (χ1n) is 3.30. The summed E-state index contributed by atoms with van der Waals surface area (Å²) in [5, 5.41) is 0.435. The van der Waals surface area contributed by atoms with Crippen LogP contribution in [0.25, 0.3) is 0 Å². The van der Waals surface area contributed by atoms with Crippen molar-refractivity contribution in [2.45, 2.75) is 13.3 Å². The molecular weight excluding hydrogens is 164 g/mol. The third kappa shape index (κ3) is 3.83. The second-order valence-corrected chi connectivity index (χ2v) is 2.29. The summed E-state index contributed by atoms with van der Waals surface area (Å²) >= 11 is 5.71. The van der Waals surface area contributed by atoms with Crippen molar-refractivity contribution in [3.63, 3.8) is 0 Å². The summed E-state index contributed by atoms with van der Waals surface area (Å²) in [5.74, 6) is 0. The van der Waals surface area contributed by atoms with Crippen LogP contribution in [0.4, 0.5) is 0 Å². The molecular formula is C8H11ClO2. The van der Waals surface area contributed by atoms with Crippen molar-refractivity contribution in [3.8, 4) is 0 Å². The molecule has 0 saturated carbocycles. The molecule has 2 nitrogen and oxygen atoms in total. The van der Waals surface area contributed by atoms with Gasteiger partial charge in [0.25, 0.3) is 0 Å². The highest BCUT2D eigenvalue weighted by molar-refractivity contribution is 6.34. The summed E-state index contributed by atoms with van der Waals surface area (Å²) in [7, 11) is 1.47. The van der Waals surface area contributed by atoms with Crippen LogP contribution in [-0.4, -0.2) is 13.4 Å². The van der Waals surface area contributed by atoms with E-state index in [9.17, 15) is 4.79 Å². The van der Waals surface area contributed by atoms with Crippen molar-refractivity contribution < 1.29 is 9.53 Å². The number of hydrogen-bond acceptors (Lipinski definition) is 2. The van der Waals surface area contributed by atoms with Crippen molar-refractivity contribution in [2.24, 2.45) is 0 Å². The van der Waals surface area contributed by atoms with Crippen molar-refractivity contribution in [1.29, 1.82) is 0 Å². The van der Waals surface area contributed by atoms with Crippen LogP contribution in [0.3, 0.4) is 0 Å². The van der Waals surface area contributed by atoms with Gasteiger partial charge in [-0.1, -0.05) is 24.6 Å². The average molecular weight is 175 g/mol. The Morgan fingerprint density at radius 3 is 2.64 bits per heavy atom. The fourth-order valence-corrected chi connectivity index (χ4v) is 0.808. The highest BCUT2D eigenvalue weighted by Crippen LogP contribution is 2.12. The molecule has 0 fully saturated rings. The molecule has 0 aliphatic carbocycles. The van der Waals surface area contributed by atoms with Gasteiger partial charge >= 0.3 is 0 Å². The van der Waals surface area contributed by atoms with Gasteiger partial charge in [-0.15, -0.1) is 0 Å². The zero-order valence-electron chi connectivity index (χ0n) is 6.63. The fraction of sp³-hybridized carbons (Fsp3) is 0.375. The van der Waals surface area contributed by atoms with Crippen LogP contribution in [0.5, 0.6) is 0 Å². The molecule has 0 radical (unpaired) electrons. The number of methoxy groups -OCH3 is 1. The number of halogens is 1. The maximum absolute atomic E-state index is 10.3. The molecule has 0 N–H and O–H groups in total. The quantitative estimate of drug-likeness (QED) is 0.283. The Balaban J connectivity index is 4.37. The number of carbonyl (C=O) groups is 1. The molecule has 0 aromatic rings. The summed E-state index contributed by atoms with van der Waals surface area (Å²) in [4.78, 5) is 10.3. The summed E-state index contributed by atoms with van der Waals surface area (Å²) in [5.41, 5.74) is 0.371. The summed E-state index contributed by atoms with van der Waals surface area (Å²) < 4.78 is 4.64. The minimum Gasteiger partial charge on any atom is -0.504 e. The SMILES string of the molecule is CC/C=C(Cl)\C(C=O)=C/OC. The van der Waals surface area contributed by atoms with E-state index >= 15 is 0 Å². The molecule has 62 valence electrons. The molecule has 0 aliphatic rings. The molecule has 0 amide bonds. The maximum atomic E-state index is 10.3. The highest BCUT2D eigenvalue weighted by atomic mass is 35.5. The van der Waals surface area contributed by atoms with E-state index in [1.165, 1.54) is 13.4 Å². The number of ether oxygens (including phenoxy) is 1. The van der Waals surface area contributed by atoms with E-state index in [1.54, 1.807) is 6.08 Å². The smallest absolute Gasteiger partial charge is 0.154 e. The van der Waals surface area contributed by atoms with Gasteiger partial charge in [0.1, 0.15) is 0 Å². The van der Waals surface area contributed by atoms with Crippen LogP contribution >= 0.6 is 11.6 Å². The Kier molecular flexibility index (Phi) is 5.57. The minimum atomic E-state index is 0.371. The molecule has 0 aromatic heterocycles. The third-order valence-corrected chi connectivity index (χ3v) is 1.40. The second kappa shape index (κ2) is 5.98. The van der Waals surface area contributed by atoms with Gasteiger partial charge in [0.15, 0.2) is 6.29 Å². The van der Waals surface area contributed by atoms with Crippen molar-refractivity contribution in [3.05, 3.63) is 22.9 Å². The zero-order chi connectivity index (χ0) is 8.69. The van der Waals surface area contributed by atoms with Gasteiger partial charge in [-0.2, -0.15) is 0 Å². The van der Waals surface area contributed by atoms with Crippen LogP contribution in [0, 0.1) is 0 Å². The van der Waals surface area contributed by atoms with Gasteiger partial charge in [-0.25, -0.2) is 0 Å². The number of allylic oxidation sites excluding steroid dienone is 3. The van der Waals surface area contributed by atoms with E-state index in [4.69, 9.17) is 11.6 Å². The Hall–Kier alpha value is -0.760. The van der Waals surface area contributed by atoms with Crippen LogP contribution in [0.2, 0.25) is 0 Å². The van der Waals surface area contributed by atoms with Gasteiger partial charge < -0.3 is 4.74 Å². The van der Waals surface area contributed by atoms with E-state index in [-0.39, 0.29) is 0 Å². The van der Waals surface area contributed by atoms with Crippen molar-refractivity contribution >= 4 is 17.9 Å². The first-order valence-corrected chi connectivity index (χ1v) is 3.68. The molecule has 0 atom stereocenters. The first-order chi connectivity index (χ1) is 5.26. The van der Waals surface area contributed by atoms with Crippen molar-refractivity contribution in [1.82, 2.24) is 0 Å². The van der Waals surface area contributed by atoms with Gasteiger partial charge in [-0.3, -0.25) is 4.79 Å². The summed E-state index contributed by atoms with van der Waals surface area (Å²) in [6.07, 6.45) is 4.54. The number of rotatable bonds is 4. The molecule has 0 aromatic carbocycles. The predicted octanol–water partition coefficient (Wildman–Crippen LogP) is 2.25. The monoisotopic (exact) mass is 174 g/mol. The van der Waals surface area contributed by atoms with Gasteiger partial charge in [0.05, 0.1) is 24.0 Å². The van der Waals surface area contributed by atoms with E-state index in [1.807, 2.05) is 6.92 Å². The Bertz CT molecular complexity index is 183. The maximum Gasteiger partial charge on any atom is 0.154 e. The summed E-state index contributed by atoms with van der Waals surface area (Å²) in [6.45, 7) is 1.94. The normalized spacial score (nSPS) is 13.0. The molecule has 3 heteroatoms. The fourth-order valence-electron chi connectivity index (χ4n) is 0.564. The first kappa shape index (κ1) is 10.2. The Morgan fingerprint density at radius 1 is 1.64 bits per heavy atom. The highest BCUT2D eigenvalue weighted by Gasteiger charge is 1.98. The molecule has 0 rings (SSSR count). The minimum absolute atomic E-state index is 0.371. The lowest BCUT2D eigenvalue weighted by molar-refractivity contribution is -0.104. The number of hydrogen-bond donors (Lipinski definition) is 0. The molecule has 0 aliphatic heterocycles. The van der Waals surface area contributed by atoms with Crippen LogP contribution in [0.15, 0.2) is 22.9 Å². The molecule has 0 unspecified atom stereocenters. The molecule has 11 heavy (non-hydrogen) atoms. The van der Waals surface area contributed by atoms with E-state index in [0.717, 1.165) is 6.42 Å². The van der Waals surface area contributed by atoms with Crippen molar-refractivity contribution in [2.75, 3.05) is 7.11 Å².